The molecule has 1 fully saturated rings. The molecule has 1 saturated carbocycles. The lowest BCUT2D eigenvalue weighted by molar-refractivity contribution is -0.119. The zero-order valence-electron chi connectivity index (χ0n) is 17.9. The Morgan fingerprint density at radius 1 is 1.28 bits per heavy atom. The SMILES string of the molecule is Cc1ccc(C(C)C)c(OCc2nnc(SCC(=O)NC3CCCCC3)n2C)c1. The molecule has 1 heterocycles. The van der Waals surface area contributed by atoms with Crippen molar-refractivity contribution >= 4 is 17.7 Å². The molecule has 1 N–H and O–H groups in total. The number of benzene rings is 1. The van der Waals surface area contributed by atoms with E-state index in [-0.39, 0.29) is 5.91 Å². The number of rotatable bonds is 8. The van der Waals surface area contributed by atoms with Gasteiger partial charge in [-0.05, 0) is 42.9 Å². The van der Waals surface area contributed by atoms with Crippen molar-refractivity contribution < 1.29 is 9.53 Å². The first-order valence-corrected chi connectivity index (χ1v) is 11.5. The molecule has 0 bridgehead atoms. The van der Waals surface area contributed by atoms with Crippen molar-refractivity contribution in [2.45, 2.75) is 76.6 Å². The van der Waals surface area contributed by atoms with E-state index < -0.39 is 0 Å². The summed E-state index contributed by atoms with van der Waals surface area (Å²) in [5, 5.41) is 12.4. The van der Waals surface area contributed by atoms with Crippen LogP contribution in [0.4, 0.5) is 0 Å². The third-order valence-corrected chi connectivity index (χ3v) is 6.40. The second kappa shape index (κ2) is 10.1. The van der Waals surface area contributed by atoms with Gasteiger partial charge < -0.3 is 14.6 Å². The fourth-order valence-electron chi connectivity index (χ4n) is 3.63. The Bertz CT molecular complexity index is 828. The highest BCUT2D eigenvalue weighted by Gasteiger charge is 2.17. The van der Waals surface area contributed by atoms with Gasteiger partial charge >= 0.3 is 0 Å². The summed E-state index contributed by atoms with van der Waals surface area (Å²) in [5.41, 5.74) is 2.36. The normalized spacial score (nSPS) is 14.9. The molecular weight excluding hydrogens is 384 g/mol. The highest BCUT2D eigenvalue weighted by molar-refractivity contribution is 7.99. The van der Waals surface area contributed by atoms with Crippen LogP contribution in [0.1, 0.15) is 68.8 Å². The third kappa shape index (κ3) is 5.98. The number of hydrogen-bond acceptors (Lipinski definition) is 5. The molecule has 0 saturated heterocycles. The Morgan fingerprint density at radius 2 is 2.03 bits per heavy atom. The maximum absolute atomic E-state index is 12.2. The van der Waals surface area contributed by atoms with Crippen molar-refractivity contribution in [3.05, 3.63) is 35.2 Å². The van der Waals surface area contributed by atoms with Crippen molar-refractivity contribution in [3.63, 3.8) is 0 Å². The number of hydrogen-bond donors (Lipinski definition) is 1. The van der Waals surface area contributed by atoms with Crippen LogP contribution < -0.4 is 10.1 Å². The quantitative estimate of drug-likeness (QED) is 0.647. The van der Waals surface area contributed by atoms with Crippen molar-refractivity contribution in [1.82, 2.24) is 20.1 Å². The average molecular weight is 417 g/mol. The summed E-state index contributed by atoms with van der Waals surface area (Å²) in [6, 6.07) is 6.64. The summed E-state index contributed by atoms with van der Waals surface area (Å²) in [6.07, 6.45) is 5.90. The molecule has 1 amide bonds. The van der Waals surface area contributed by atoms with E-state index in [1.807, 2.05) is 11.6 Å². The topological polar surface area (TPSA) is 69.0 Å². The van der Waals surface area contributed by atoms with Crippen molar-refractivity contribution in [2.24, 2.45) is 7.05 Å². The van der Waals surface area contributed by atoms with Crippen LogP contribution in [0.5, 0.6) is 5.75 Å². The number of amides is 1. The molecule has 1 aromatic carbocycles. The largest absolute Gasteiger partial charge is 0.485 e. The monoisotopic (exact) mass is 416 g/mol. The van der Waals surface area contributed by atoms with Crippen LogP contribution in [0.15, 0.2) is 23.4 Å². The van der Waals surface area contributed by atoms with Crippen LogP contribution in [0.2, 0.25) is 0 Å². The molecule has 1 aromatic heterocycles. The molecule has 1 aliphatic rings. The average Bonchev–Trinajstić information content (AvgIpc) is 3.05. The zero-order valence-corrected chi connectivity index (χ0v) is 18.7. The van der Waals surface area contributed by atoms with Gasteiger partial charge in [0.1, 0.15) is 12.4 Å². The number of carbonyl (C=O) groups excluding carboxylic acids is 1. The molecule has 0 aliphatic heterocycles. The molecule has 2 aromatic rings. The van der Waals surface area contributed by atoms with Gasteiger partial charge in [-0.1, -0.05) is 57.0 Å². The Kier molecular flexibility index (Phi) is 7.58. The number of ether oxygens (including phenoxy) is 1. The predicted octanol–water partition coefficient (Wildman–Crippen LogP) is 4.37. The van der Waals surface area contributed by atoms with E-state index in [0.29, 0.717) is 24.3 Å². The van der Waals surface area contributed by atoms with E-state index >= 15 is 0 Å². The lowest BCUT2D eigenvalue weighted by Gasteiger charge is -2.22. The molecule has 0 atom stereocenters. The van der Waals surface area contributed by atoms with E-state index in [1.54, 1.807) is 0 Å². The summed E-state index contributed by atoms with van der Waals surface area (Å²) < 4.78 is 7.98. The molecule has 0 unspecified atom stereocenters. The Morgan fingerprint density at radius 3 is 2.76 bits per heavy atom. The number of nitrogens with one attached hydrogen (secondary N) is 1. The molecule has 0 radical (unpaired) electrons. The first-order chi connectivity index (χ1) is 13.9. The Labute approximate surface area is 177 Å². The first kappa shape index (κ1) is 21.7. The van der Waals surface area contributed by atoms with Gasteiger partial charge in [-0.25, -0.2) is 0 Å². The minimum atomic E-state index is 0.0732. The molecule has 0 spiro atoms. The molecule has 3 rings (SSSR count). The van der Waals surface area contributed by atoms with Gasteiger partial charge in [-0.3, -0.25) is 4.79 Å². The third-order valence-electron chi connectivity index (χ3n) is 5.38. The van der Waals surface area contributed by atoms with E-state index in [0.717, 1.165) is 29.6 Å². The van der Waals surface area contributed by atoms with Crippen molar-refractivity contribution in [3.8, 4) is 5.75 Å². The van der Waals surface area contributed by atoms with Crippen LogP contribution in [0, 0.1) is 6.92 Å². The van der Waals surface area contributed by atoms with Crippen LogP contribution in [-0.4, -0.2) is 32.5 Å². The summed E-state index contributed by atoms with van der Waals surface area (Å²) in [5.74, 6) is 2.46. The van der Waals surface area contributed by atoms with Gasteiger partial charge in [0, 0.05) is 13.1 Å². The van der Waals surface area contributed by atoms with E-state index in [9.17, 15) is 4.79 Å². The lowest BCUT2D eigenvalue weighted by Crippen LogP contribution is -2.37. The molecule has 158 valence electrons. The number of carbonyl (C=O) groups is 1. The van der Waals surface area contributed by atoms with Gasteiger partial charge in [0.25, 0.3) is 0 Å². The van der Waals surface area contributed by atoms with Gasteiger partial charge in [-0.15, -0.1) is 10.2 Å². The summed E-state index contributed by atoms with van der Waals surface area (Å²) >= 11 is 1.42. The fourth-order valence-corrected chi connectivity index (χ4v) is 4.37. The minimum absolute atomic E-state index is 0.0732. The minimum Gasteiger partial charge on any atom is -0.485 e. The number of aryl methyl sites for hydroxylation is 1. The lowest BCUT2D eigenvalue weighted by atomic mass is 9.95. The summed E-state index contributed by atoms with van der Waals surface area (Å²) in [6.45, 7) is 6.73. The van der Waals surface area contributed by atoms with Gasteiger partial charge in [0.15, 0.2) is 11.0 Å². The number of thioether (sulfide) groups is 1. The van der Waals surface area contributed by atoms with Crippen LogP contribution in [0.3, 0.4) is 0 Å². The highest BCUT2D eigenvalue weighted by atomic mass is 32.2. The van der Waals surface area contributed by atoms with Gasteiger partial charge in [-0.2, -0.15) is 0 Å². The second-order valence-corrected chi connectivity index (χ2v) is 9.08. The van der Waals surface area contributed by atoms with E-state index in [2.05, 4.69) is 54.5 Å². The van der Waals surface area contributed by atoms with Crippen LogP contribution >= 0.6 is 11.8 Å². The summed E-state index contributed by atoms with van der Waals surface area (Å²) in [7, 11) is 1.92. The summed E-state index contributed by atoms with van der Waals surface area (Å²) in [4.78, 5) is 12.2. The molecule has 7 heteroatoms. The van der Waals surface area contributed by atoms with Gasteiger partial charge in [0.05, 0.1) is 5.75 Å². The fraction of sp³-hybridized carbons (Fsp3) is 0.591. The maximum Gasteiger partial charge on any atom is 0.230 e. The van der Waals surface area contributed by atoms with Gasteiger partial charge in [0.2, 0.25) is 5.91 Å². The Hall–Kier alpha value is -2.02. The molecule has 1 aliphatic carbocycles. The van der Waals surface area contributed by atoms with E-state index in [1.165, 1.54) is 42.2 Å². The van der Waals surface area contributed by atoms with Crippen LogP contribution in [-0.2, 0) is 18.4 Å². The zero-order chi connectivity index (χ0) is 20.8. The van der Waals surface area contributed by atoms with E-state index in [4.69, 9.17) is 4.74 Å². The van der Waals surface area contributed by atoms with Crippen molar-refractivity contribution in [2.75, 3.05) is 5.75 Å². The smallest absolute Gasteiger partial charge is 0.230 e. The standard InChI is InChI=1S/C22H32N4O2S/c1-15(2)18-11-10-16(3)12-19(18)28-13-20-24-25-22(26(20)4)29-14-21(27)23-17-8-6-5-7-9-17/h10-12,15,17H,5-9,13-14H2,1-4H3,(H,23,27). The first-order valence-electron chi connectivity index (χ1n) is 10.5. The predicted molar refractivity (Wildman–Crippen MR) is 116 cm³/mol. The molecular formula is C22H32N4O2S. The number of aromatic nitrogens is 3. The maximum atomic E-state index is 12.2. The Balaban J connectivity index is 1.54. The molecule has 6 nitrogen and oxygen atoms in total. The number of nitrogens with zero attached hydrogens (tertiary/aromatic N) is 3. The molecule has 29 heavy (non-hydrogen) atoms. The second-order valence-electron chi connectivity index (χ2n) is 8.13. The van der Waals surface area contributed by atoms with Crippen LogP contribution in [0.25, 0.3) is 0 Å². The van der Waals surface area contributed by atoms with Crippen molar-refractivity contribution in [1.29, 1.82) is 0 Å². The highest BCUT2D eigenvalue weighted by Crippen LogP contribution is 2.28.